The number of ether oxygens (including phenoxy) is 1. The second kappa shape index (κ2) is 5.37. The average Bonchev–Trinajstić information content (AvgIpc) is 2.24. The van der Waals surface area contributed by atoms with Crippen molar-refractivity contribution >= 4 is 11.9 Å². The number of esters is 1. The number of carboxylic acid groups (broad SMARTS) is 1. The zero-order valence-electron chi connectivity index (χ0n) is 10.5. The molecule has 4 nitrogen and oxygen atoms in total. The van der Waals surface area contributed by atoms with Crippen molar-refractivity contribution in [2.45, 2.75) is 26.4 Å². The van der Waals surface area contributed by atoms with Gasteiger partial charge in [0.1, 0.15) is 5.60 Å². The summed E-state index contributed by atoms with van der Waals surface area (Å²) in [7, 11) is 0. The van der Waals surface area contributed by atoms with E-state index in [9.17, 15) is 9.59 Å². The van der Waals surface area contributed by atoms with E-state index in [1.807, 2.05) is 0 Å². The van der Waals surface area contributed by atoms with Gasteiger partial charge in [-0.05, 0) is 45.0 Å². The van der Waals surface area contributed by atoms with Gasteiger partial charge in [-0.15, -0.1) is 0 Å². The van der Waals surface area contributed by atoms with Crippen LogP contribution in [-0.4, -0.2) is 22.6 Å². The van der Waals surface area contributed by atoms with Crippen molar-refractivity contribution < 1.29 is 19.4 Å². The number of carbonyl (C=O) groups excluding carboxylic acids is 1. The van der Waals surface area contributed by atoms with E-state index >= 15 is 0 Å². The molecule has 0 saturated heterocycles. The van der Waals surface area contributed by atoms with Crippen molar-refractivity contribution in [1.82, 2.24) is 0 Å². The molecule has 1 aromatic rings. The van der Waals surface area contributed by atoms with E-state index in [1.165, 1.54) is 12.1 Å². The van der Waals surface area contributed by atoms with Crippen molar-refractivity contribution in [3.63, 3.8) is 0 Å². The van der Waals surface area contributed by atoms with E-state index in [2.05, 4.69) is 11.8 Å². The minimum atomic E-state index is -0.998. The molecule has 0 unspecified atom stereocenters. The monoisotopic (exact) mass is 246 g/mol. The first-order valence-electron chi connectivity index (χ1n) is 5.36. The Bertz CT molecular complexity index is 509. The van der Waals surface area contributed by atoms with E-state index in [0.29, 0.717) is 5.56 Å². The van der Waals surface area contributed by atoms with Gasteiger partial charge in [0, 0.05) is 11.5 Å². The van der Waals surface area contributed by atoms with Gasteiger partial charge in [-0.1, -0.05) is 5.92 Å². The van der Waals surface area contributed by atoms with Crippen LogP contribution in [0.5, 0.6) is 0 Å². The predicted octanol–water partition coefficient (Wildman–Crippen LogP) is 2.08. The first-order chi connectivity index (χ1) is 8.28. The summed E-state index contributed by atoms with van der Waals surface area (Å²) in [6, 6.07) is 5.95. The van der Waals surface area contributed by atoms with Crippen LogP contribution < -0.4 is 0 Å². The van der Waals surface area contributed by atoms with Gasteiger partial charge < -0.3 is 9.84 Å². The molecule has 1 aromatic carbocycles. The summed E-state index contributed by atoms with van der Waals surface area (Å²) in [5.41, 5.74) is 0.169. The molecule has 1 N–H and O–H groups in total. The first-order valence-corrected chi connectivity index (χ1v) is 5.36. The summed E-state index contributed by atoms with van der Waals surface area (Å²) in [6.45, 7) is 5.27. The van der Waals surface area contributed by atoms with Crippen LogP contribution in [-0.2, 0) is 9.53 Å². The van der Waals surface area contributed by atoms with Gasteiger partial charge >= 0.3 is 11.9 Å². The van der Waals surface area contributed by atoms with E-state index in [4.69, 9.17) is 9.84 Å². The van der Waals surface area contributed by atoms with Crippen LogP contribution in [0.2, 0.25) is 0 Å². The van der Waals surface area contributed by atoms with Crippen LogP contribution in [0.1, 0.15) is 36.7 Å². The van der Waals surface area contributed by atoms with Gasteiger partial charge in [-0.2, -0.15) is 0 Å². The van der Waals surface area contributed by atoms with Gasteiger partial charge in [0.2, 0.25) is 0 Å². The third kappa shape index (κ3) is 4.71. The number of hydrogen-bond donors (Lipinski definition) is 1. The van der Waals surface area contributed by atoms with Crippen LogP contribution in [0.3, 0.4) is 0 Å². The highest BCUT2D eigenvalue weighted by molar-refractivity contribution is 5.90. The molecular weight excluding hydrogens is 232 g/mol. The Morgan fingerprint density at radius 1 is 1.17 bits per heavy atom. The van der Waals surface area contributed by atoms with Crippen molar-refractivity contribution in [3.05, 3.63) is 35.4 Å². The van der Waals surface area contributed by atoms with E-state index in [1.54, 1.807) is 32.9 Å². The number of aromatic carboxylic acids is 1. The molecule has 1 rings (SSSR count). The van der Waals surface area contributed by atoms with Crippen LogP contribution in [0.4, 0.5) is 0 Å². The molecule has 0 aromatic heterocycles. The Kier molecular flexibility index (Phi) is 4.11. The van der Waals surface area contributed by atoms with Gasteiger partial charge in [0.25, 0.3) is 0 Å². The van der Waals surface area contributed by atoms with Crippen LogP contribution in [0.15, 0.2) is 24.3 Å². The molecule has 0 radical (unpaired) electrons. The molecule has 0 saturated carbocycles. The molecule has 94 valence electrons. The smallest absolute Gasteiger partial charge is 0.385 e. The minimum Gasteiger partial charge on any atom is -0.478 e. The molecule has 0 aliphatic heterocycles. The maximum atomic E-state index is 11.3. The van der Waals surface area contributed by atoms with Crippen LogP contribution >= 0.6 is 0 Å². The topological polar surface area (TPSA) is 63.6 Å². The minimum absolute atomic E-state index is 0.179. The Hall–Kier alpha value is -2.28. The molecule has 18 heavy (non-hydrogen) atoms. The molecule has 0 aliphatic rings. The average molecular weight is 246 g/mol. The molecule has 0 bridgehead atoms. The molecule has 0 fully saturated rings. The third-order valence-corrected chi connectivity index (χ3v) is 1.84. The summed E-state index contributed by atoms with van der Waals surface area (Å²) in [4.78, 5) is 21.9. The lowest BCUT2D eigenvalue weighted by Gasteiger charge is -2.16. The van der Waals surface area contributed by atoms with Crippen LogP contribution in [0.25, 0.3) is 0 Å². The maximum Gasteiger partial charge on any atom is 0.385 e. The van der Waals surface area contributed by atoms with Crippen molar-refractivity contribution in [1.29, 1.82) is 0 Å². The fourth-order valence-electron chi connectivity index (χ4n) is 1.12. The molecule has 0 aliphatic carbocycles. The standard InChI is InChI=1S/C14H14O4/c1-14(2,3)18-12(15)9-6-10-4-7-11(8-5-10)13(16)17/h4-5,7-8H,1-3H3,(H,16,17). The van der Waals surface area contributed by atoms with E-state index in [0.717, 1.165) is 0 Å². The largest absolute Gasteiger partial charge is 0.478 e. The third-order valence-electron chi connectivity index (χ3n) is 1.84. The van der Waals surface area contributed by atoms with E-state index in [-0.39, 0.29) is 5.56 Å². The zero-order chi connectivity index (χ0) is 13.8. The second-order valence-electron chi connectivity index (χ2n) is 4.63. The number of benzene rings is 1. The van der Waals surface area contributed by atoms with Crippen molar-refractivity contribution in [3.8, 4) is 11.8 Å². The SMILES string of the molecule is CC(C)(C)OC(=O)C#Cc1ccc(C(=O)O)cc1. The highest BCUT2D eigenvalue weighted by Crippen LogP contribution is 2.07. The summed E-state index contributed by atoms with van der Waals surface area (Å²) >= 11 is 0. The second-order valence-corrected chi connectivity index (χ2v) is 4.63. The zero-order valence-corrected chi connectivity index (χ0v) is 10.5. The Balaban J connectivity index is 2.74. The lowest BCUT2D eigenvalue weighted by molar-refractivity contribution is -0.147. The van der Waals surface area contributed by atoms with Crippen molar-refractivity contribution in [2.24, 2.45) is 0 Å². The fourth-order valence-corrected chi connectivity index (χ4v) is 1.12. The molecule has 4 heteroatoms. The normalized spacial score (nSPS) is 10.2. The lowest BCUT2D eigenvalue weighted by atomic mass is 10.1. The van der Waals surface area contributed by atoms with Crippen LogP contribution in [0, 0.1) is 11.8 Å². The lowest BCUT2D eigenvalue weighted by Crippen LogP contribution is -2.22. The van der Waals surface area contributed by atoms with Gasteiger partial charge in [0.05, 0.1) is 5.56 Å². The molecule has 0 heterocycles. The molecule has 0 amide bonds. The van der Waals surface area contributed by atoms with Gasteiger partial charge in [-0.3, -0.25) is 0 Å². The summed E-state index contributed by atoms with van der Waals surface area (Å²) in [5, 5.41) is 8.71. The number of carbonyl (C=O) groups is 2. The fraction of sp³-hybridized carbons (Fsp3) is 0.286. The summed E-state index contributed by atoms with van der Waals surface area (Å²) in [6.07, 6.45) is 0. The number of carboxylic acids is 1. The Morgan fingerprint density at radius 3 is 2.17 bits per heavy atom. The molecule has 0 atom stereocenters. The van der Waals surface area contributed by atoms with E-state index < -0.39 is 17.5 Å². The Labute approximate surface area is 106 Å². The van der Waals surface area contributed by atoms with Gasteiger partial charge in [0.15, 0.2) is 0 Å². The summed E-state index contributed by atoms with van der Waals surface area (Å²) in [5.74, 6) is 3.36. The first kappa shape index (κ1) is 13.8. The quantitative estimate of drug-likeness (QED) is 0.608. The highest BCUT2D eigenvalue weighted by atomic mass is 16.6. The van der Waals surface area contributed by atoms with Crippen molar-refractivity contribution in [2.75, 3.05) is 0 Å². The molecular formula is C14H14O4. The predicted molar refractivity (Wildman–Crippen MR) is 66.1 cm³/mol. The maximum absolute atomic E-state index is 11.3. The Morgan fingerprint density at radius 2 is 1.72 bits per heavy atom. The van der Waals surface area contributed by atoms with Gasteiger partial charge in [-0.25, -0.2) is 9.59 Å². The summed E-state index contributed by atoms with van der Waals surface area (Å²) < 4.78 is 5.01. The number of rotatable bonds is 1. The number of hydrogen-bond acceptors (Lipinski definition) is 3. The highest BCUT2D eigenvalue weighted by Gasteiger charge is 2.14. The molecule has 0 spiro atoms.